The monoisotopic (exact) mass is 430 g/mol. The first kappa shape index (κ1) is 20.1. The van der Waals surface area contributed by atoms with Crippen molar-refractivity contribution in [3.05, 3.63) is 54.6 Å². The van der Waals surface area contributed by atoms with E-state index in [0.717, 1.165) is 24.8 Å². The maximum atomic E-state index is 12.7. The van der Waals surface area contributed by atoms with Crippen LogP contribution in [0.3, 0.4) is 0 Å². The van der Waals surface area contributed by atoms with Crippen LogP contribution in [-0.2, 0) is 10.0 Å². The molecule has 0 saturated carbocycles. The fourth-order valence-electron chi connectivity index (χ4n) is 3.18. The van der Waals surface area contributed by atoms with Crippen LogP contribution in [0.2, 0.25) is 0 Å². The van der Waals surface area contributed by atoms with E-state index in [1.807, 2.05) is 37.3 Å². The van der Waals surface area contributed by atoms with Gasteiger partial charge in [0.25, 0.3) is 0 Å². The van der Waals surface area contributed by atoms with Crippen LogP contribution in [0, 0.1) is 0 Å². The molecule has 0 N–H and O–H groups in total. The number of sulfonamides is 1. The minimum absolute atomic E-state index is 0.114. The van der Waals surface area contributed by atoms with E-state index in [2.05, 4.69) is 15.1 Å². The van der Waals surface area contributed by atoms with Gasteiger partial charge in [-0.25, -0.2) is 13.4 Å². The highest BCUT2D eigenvalue weighted by Gasteiger charge is 2.26. The highest BCUT2D eigenvalue weighted by molar-refractivity contribution is 7.99. The largest absolute Gasteiger partial charge is 0.338 e. The first-order chi connectivity index (χ1) is 14.0. The molecule has 4 rings (SSSR count). The Balaban J connectivity index is 1.44. The van der Waals surface area contributed by atoms with Crippen LogP contribution in [0.25, 0.3) is 11.4 Å². The van der Waals surface area contributed by atoms with E-state index in [0.29, 0.717) is 29.8 Å². The molecule has 3 aromatic rings. The van der Waals surface area contributed by atoms with Gasteiger partial charge in [-0.05, 0) is 31.9 Å². The van der Waals surface area contributed by atoms with Gasteiger partial charge in [-0.3, -0.25) is 0 Å². The molecule has 152 valence electrons. The summed E-state index contributed by atoms with van der Waals surface area (Å²) in [6.07, 6.45) is 4.34. The van der Waals surface area contributed by atoms with E-state index in [4.69, 9.17) is 4.52 Å². The third-order valence-corrected chi connectivity index (χ3v) is 7.70. The van der Waals surface area contributed by atoms with E-state index in [1.54, 1.807) is 16.4 Å². The molecule has 1 aromatic carbocycles. The zero-order valence-corrected chi connectivity index (χ0v) is 17.7. The second-order valence-corrected chi connectivity index (χ2v) is 10.2. The van der Waals surface area contributed by atoms with Gasteiger partial charge in [0.15, 0.2) is 0 Å². The molecule has 1 saturated heterocycles. The van der Waals surface area contributed by atoms with Crippen molar-refractivity contribution in [3.63, 3.8) is 0 Å². The minimum atomic E-state index is -3.47. The van der Waals surface area contributed by atoms with Crippen LogP contribution in [0.4, 0.5) is 0 Å². The Morgan fingerprint density at radius 1 is 1.07 bits per heavy atom. The SMILES string of the molecule is C[C@H](Sc1ccc(S(=O)(=O)N2CCCCC2)cn1)c1nc(-c2ccccc2)no1. The summed E-state index contributed by atoms with van der Waals surface area (Å²) in [6, 6.07) is 13.0. The summed E-state index contributed by atoms with van der Waals surface area (Å²) in [5.74, 6) is 1.05. The molecule has 3 heterocycles. The van der Waals surface area contributed by atoms with Crippen LogP contribution >= 0.6 is 11.8 Å². The van der Waals surface area contributed by atoms with Gasteiger partial charge in [-0.2, -0.15) is 9.29 Å². The highest BCUT2D eigenvalue weighted by Crippen LogP contribution is 2.34. The van der Waals surface area contributed by atoms with Crippen LogP contribution < -0.4 is 0 Å². The summed E-state index contributed by atoms with van der Waals surface area (Å²) < 4.78 is 32.4. The van der Waals surface area contributed by atoms with Gasteiger partial charge in [0.1, 0.15) is 4.90 Å². The van der Waals surface area contributed by atoms with E-state index >= 15 is 0 Å². The number of rotatable bonds is 6. The number of piperidine rings is 1. The third-order valence-electron chi connectivity index (χ3n) is 4.78. The van der Waals surface area contributed by atoms with Crippen LogP contribution in [0.15, 0.2) is 63.1 Å². The summed E-state index contributed by atoms with van der Waals surface area (Å²) in [5.41, 5.74) is 0.894. The second-order valence-electron chi connectivity index (χ2n) is 6.88. The quantitative estimate of drug-likeness (QED) is 0.543. The van der Waals surface area contributed by atoms with E-state index in [1.165, 1.54) is 18.0 Å². The predicted octanol–water partition coefficient (Wildman–Crippen LogP) is 4.16. The zero-order chi connectivity index (χ0) is 20.3. The molecule has 1 fully saturated rings. The van der Waals surface area contributed by atoms with Crippen LogP contribution in [-0.4, -0.2) is 40.9 Å². The summed E-state index contributed by atoms with van der Waals surface area (Å²) in [7, 11) is -3.47. The lowest BCUT2D eigenvalue weighted by Crippen LogP contribution is -2.35. The number of pyridine rings is 1. The van der Waals surface area contributed by atoms with Gasteiger partial charge < -0.3 is 4.52 Å². The van der Waals surface area contributed by atoms with E-state index in [-0.39, 0.29) is 10.1 Å². The van der Waals surface area contributed by atoms with Gasteiger partial charge in [-0.1, -0.05) is 53.7 Å². The lowest BCUT2D eigenvalue weighted by molar-refractivity contribution is 0.346. The number of aromatic nitrogens is 3. The number of hydrogen-bond donors (Lipinski definition) is 0. The number of nitrogens with zero attached hydrogens (tertiary/aromatic N) is 4. The summed E-state index contributed by atoms with van der Waals surface area (Å²) >= 11 is 1.44. The molecule has 2 aromatic heterocycles. The molecule has 0 unspecified atom stereocenters. The van der Waals surface area contributed by atoms with Gasteiger partial charge in [-0.15, -0.1) is 0 Å². The van der Waals surface area contributed by atoms with E-state index < -0.39 is 10.0 Å². The average molecular weight is 431 g/mol. The predicted molar refractivity (Wildman–Crippen MR) is 111 cm³/mol. The number of thioether (sulfide) groups is 1. The van der Waals surface area contributed by atoms with Crippen molar-refractivity contribution < 1.29 is 12.9 Å². The van der Waals surface area contributed by atoms with Crippen molar-refractivity contribution in [2.75, 3.05) is 13.1 Å². The molecule has 1 aliphatic rings. The minimum Gasteiger partial charge on any atom is -0.338 e. The lowest BCUT2D eigenvalue weighted by atomic mass is 10.2. The molecule has 0 amide bonds. The molecule has 1 aliphatic heterocycles. The van der Waals surface area contributed by atoms with Crippen molar-refractivity contribution in [2.45, 2.75) is 41.4 Å². The van der Waals surface area contributed by atoms with Gasteiger partial charge in [0, 0.05) is 24.8 Å². The maximum absolute atomic E-state index is 12.7. The standard InChI is InChI=1S/C20H22N4O3S2/c1-15(20-22-19(23-27-20)16-8-4-2-5-9-16)28-18-11-10-17(14-21-18)29(25,26)24-12-6-3-7-13-24/h2,4-5,8-11,14-15H,3,6-7,12-13H2,1H3/t15-/m0/s1. The number of hydrogen-bond acceptors (Lipinski definition) is 7. The Hall–Kier alpha value is -2.23. The Morgan fingerprint density at radius 2 is 1.83 bits per heavy atom. The first-order valence-corrected chi connectivity index (χ1v) is 11.9. The topological polar surface area (TPSA) is 89.2 Å². The molecule has 7 nitrogen and oxygen atoms in total. The highest BCUT2D eigenvalue weighted by atomic mass is 32.2. The molecule has 1 atom stereocenters. The fourth-order valence-corrected chi connectivity index (χ4v) is 5.46. The molecule has 0 aliphatic carbocycles. The molecule has 0 radical (unpaired) electrons. The summed E-state index contributed by atoms with van der Waals surface area (Å²) in [5, 5.41) is 4.63. The Bertz CT molecular complexity index is 1050. The van der Waals surface area contributed by atoms with Crippen molar-refractivity contribution in [3.8, 4) is 11.4 Å². The smallest absolute Gasteiger partial charge is 0.244 e. The molecule has 0 spiro atoms. The second kappa shape index (κ2) is 8.64. The Labute approximate surface area is 174 Å². The summed E-state index contributed by atoms with van der Waals surface area (Å²) in [4.78, 5) is 9.04. The van der Waals surface area contributed by atoms with Crippen molar-refractivity contribution in [2.24, 2.45) is 0 Å². The van der Waals surface area contributed by atoms with E-state index in [9.17, 15) is 8.42 Å². The lowest BCUT2D eigenvalue weighted by Gasteiger charge is -2.25. The Morgan fingerprint density at radius 3 is 2.52 bits per heavy atom. The average Bonchev–Trinajstić information content (AvgIpc) is 3.26. The zero-order valence-electron chi connectivity index (χ0n) is 16.1. The molecule has 0 bridgehead atoms. The van der Waals surface area contributed by atoms with Crippen molar-refractivity contribution in [1.82, 2.24) is 19.4 Å². The van der Waals surface area contributed by atoms with Gasteiger partial charge in [0.2, 0.25) is 21.7 Å². The van der Waals surface area contributed by atoms with Crippen molar-refractivity contribution in [1.29, 1.82) is 0 Å². The van der Waals surface area contributed by atoms with Crippen LogP contribution in [0.1, 0.15) is 37.3 Å². The normalized spacial score (nSPS) is 16.6. The first-order valence-electron chi connectivity index (χ1n) is 9.56. The third kappa shape index (κ3) is 4.52. The maximum Gasteiger partial charge on any atom is 0.244 e. The Kier molecular flexibility index (Phi) is 5.98. The van der Waals surface area contributed by atoms with Crippen molar-refractivity contribution >= 4 is 21.8 Å². The molecular weight excluding hydrogens is 408 g/mol. The molecular formula is C20H22N4O3S2. The fraction of sp³-hybridized carbons (Fsp3) is 0.350. The van der Waals surface area contributed by atoms with Gasteiger partial charge >= 0.3 is 0 Å². The van der Waals surface area contributed by atoms with Gasteiger partial charge in [0.05, 0.1) is 10.3 Å². The summed E-state index contributed by atoms with van der Waals surface area (Å²) in [6.45, 7) is 3.11. The number of benzene rings is 1. The van der Waals surface area contributed by atoms with Crippen LogP contribution in [0.5, 0.6) is 0 Å². The molecule has 9 heteroatoms. The molecule has 29 heavy (non-hydrogen) atoms.